The summed E-state index contributed by atoms with van der Waals surface area (Å²) >= 11 is 3.17. The van der Waals surface area contributed by atoms with Gasteiger partial charge in [0.15, 0.2) is 4.34 Å². The van der Waals surface area contributed by atoms with Gasteiger partial charge in [-0.15, -0.1) is 20.6 Å². The van der Waals surface area contributed by atoms with Crippen LogP contribution in [-0.4, -0.2) is 44.3 Å². The lowest BCUT2D eigenvalue weighted by molar-refractivity contribution is -0.156. The number of carbonyl (C=O) groups is 2. The number of hydrogen-bond acceptors (Lipinski definition) is 5. The Hall–Kier alpha value is -1.87. The molecule has 8 heteroatoms. The molecule has 4 rings (SSSR count). The number of β-lactam (4-membered cyclic amide) rings is 1. The van der Waals surface area contributed by atoms with Crippen LogP contribution in [0.4, 0.5) is 0 Å². The second-order valence-electron chi connectivity index (χ2n) is 6.98. The molecule has 1 aromatic heterocycles. The van der Waals surface area contributed by atoms with Gasteiger partial charge < -0.3 is 10.0 Å². The van der Waals surface area contributed by atoms with Gasteiger partial charge in [-0.25, -0.2) is 9.78 Å². The quantitative estimate of drug-likeness (QED) is 0.315. The van der Waals surface area contributed by atoms with E-state index in [4.69, 9.17) is 0 Å². The zero-order valence-corrected chi connectivity index (χ0v) is 20.2. The van der Waals surface area contributed by atoms with E-state index in [2.05, 4.69) is 26.1 Å². The van der Waals surface area contributed by atoms with Gasteiger partial charge in [0.05, 0.1) is 27.9 Å². The number of carbonyl (C=O) groups excluding carboxylic acids is 1. The highest BCUT2D eigenvalue weighted by Gasteiger charge is 2.59. The van der Waals surface area contributed by atoms with Crippen LogP contribution in [0, 0.1) is 23.7 Å². The van der Waals surface area contributed by atoms with E-state index in [1.807, 2.05) is 52.0 Å². The van der Waals surface area contributed by atoms with Crippen molar-refractivity contribution in [1.82, 2.24) is 9.88 Å². The number of rotatable bonds is 4. The summed E-state index contributed by atoms with van der Waals surface area (Å²) < 4.78 is 2.08. The van der Waals surface area contributed by atoms with Crippen LogP contribution in [0.15, 0.2) is 39.9 Å². The highest BCUT2D eigenvalue weighted by atomic mass is 32.2. The Balaban J connectivity index is 0.00000124. The van der Waals surface area contributed by atoms with Crippen LogP contribution in [0.5, 0.6) is 0 Å². The van der Waals surface area contributed by atoms with Crippen LogP contribution >= 0.6 is 32.3 Å². The third kappa shape index (κ3) is 4.01. The predicted octanol–water partition coefficient (Wildman–Crippen LogP) is 4.50. The number of thioether (sulfide) groups is 1. The van der Waals surface area contributed by atoms with Crippen molar-refractivity contribution in [1.29, 1.82) is 0 Å². The lowest BCUT2D eigenvalue weighted by Gasteiger charge is -2.46. The minimum Gasteiger partial charge on any atom is -0.477 e. The summed E-state index contributed by atoms with van der Waals surface area (Å²) in [5.74, 6) is 5.22. The number of thiazole rings is 1. The van der Waals surface area contributed by atoms with E-state index in [-0.39, 0.29) is 35.1 Å². The molecular weight excluding hydrogens is 435 g/mol. The lowest BCUT2D eigenvalue weighted by Crippen LogP contribution is -2.62. The second kappa shape index (κ2) is 9.51. The first-order valence-corrected chi connectivity index (χ1v) is 12.4. The molecule has 5 atom stereocenters. The first-order valence-electron chi connectivity index (χ1n) is 9.93. The lowest BCUT2D eigenvalue weighted by atomic mass is 9.79. The Morgan fingerprint density at radius 3 is 2.73 bits per heavy atom. The number of fused-ring (bicyclic) bond motifs is 2. The van der Waals surface area contributed by atoms with Gasteiger partial charge in [-0.05, 0) is 17.8 Å². The van der Waals surface area contributed by atoms with Crippen molar-refractivity contribution < 1.29 is 14.7 Å². The van der Waals surface area contributed by atoms with Crippen molar-refractivity contribution in [2.24, 2.45) is 11.8 Å². The summed E-state index contributed by atoms with van der Waals surface area (Å²) in [5.41, 5.74) is 1.70. The minimum atomic E-state index is -1.08. The first kappa shape index (κ1) is 22.8. The van der Waals surface area contributed by atoms with Crippen molar-refractivity contribution in [2.45, 2.75) is 43.7 Å². The van der Waals surface area contributed by atoms with Crippen molar-refractivity contribution in [2.75, 3.05) is 5.75 Å². The van der Waals surface area contributed by atoms with Gasteiger partial charge in [-0.3, -0.25) is 4.79 Å². The van der Waals surface area contributed by atoms with Crippen molar-refractivity contribution >= 4 is 54.4 Å². The monoisotopic (exact) mass is 460 g/mol. The van der Waals surface area contributed by atoms with E-state index < -0.39 is 5.97 Å². The van der Waals surface area contributed by atoms with E-state index in [1.165, 1.54) is 4.90 Å². The largest absolute Gasteiger partial charge is 0.477 e. The number of nitrogens with zero attached hydrogens (tertiary/aromatic N) is 2. The highest BCUT2D eigenvalue weighted by Crippen LogP contribution is 2.48. The van der Waals surface area contributed by atoms with E-state index in [0.29, 0.717) is 11.3 Å². The highest BCUT2D eigenvalue weighted by molar-refractivity contribution is 8.01. The average molecular weight is 461 g/mol. The van der Waals surface area contributed by atoms with Crippen molar-refractivity contribution in [3.8, 4) is 11.8 Å². The molecule has 5 nitrogen and oxygen atoms in total. The fourth-order valence-electron chi connectivity index (χ4n) is 3.91. The molecule has 2 aromatic rings. The van der Waals surface area contributed by atoms with E-state index in [9.17, 15) is 14.7 Å². The van der Waals surface area contributed by atoms with Crippen LogP contribution in [0.25, 0.3) is 10.2 Å². The number of aliphatic carboxylic acids is 1. The number of amides is 1. The zero-order valence-electron chi connectivity index (χ0n) is 17.4. The summed E-state index contributed by atoms with van der Waals surface area (Å²) in [6.45, 7) is 7.93. The molecular formula is C22H25N2O3PS2. The van der Waals surface area contributed by atoms with Crippen LogP contribution in [0.2, 0.25) is 0 Å². The molecule has 0 bridgehead atoms. The Morgan fingerprint density at radius 2 is 2.10 bits per heavy atom. The van der Waals surface area contributed by atoms with E-state index >= 15 is 0 Å². The molecule has 2 aliphatic rings. The Morgan fingerprint density at radius 1 is 1.40 bits per heavy atom. The van der Waals surface area contributed by atoms with Crippen LogP contribution < -0.4 is 0 Å². The van der Waals surface area contributed by atoms with Crippen molar-refractivity contribution in [3.63, 3.8) is 0 Å². The molecule has 1 fully saturated rings. The molecule has 158 valence electrons. The smallest absolute Gasteiger partial charge is 0.353 e. The van der Waals surface area contributed by atoms with Gasteiger partial charge in [-0.2, -0.15) is 0 Å². The molecule has 1 saturated heterocycles. The van der Waals surface area contributed by atoms with Gasteiger partial charge in [0.2, 0.25) is 5.91 Å². The fourth-order valence-corrected chi connectivity index (χ4v) is 6.11. The summed E-state index contributed by atoms with van der Waals surface area (Å²) in [7, 11) is 2.66. The van der Waals surface area contributed by atoms with Gasteiger partial charge in [0.1, 0.15) is 5.70 Å². The van der Waals surface area contributed by atoms with E-state index in [0.717, 1.165) is 14.6 Å². The minimum absolute atomic E-state index is 0.0573. The maximum atomic E-state index is 12.4. The summed E-state index contributed by atoms with van der Waals surface area (Å²) in [4.78, 5) is 30.2. The third-order valence-electron chi connectivity index (χ3n) is 5.19. The number of para-hydroxylation sites is 1. The number of aromatic nitrogens is 1. The molecule has 3 heterocycles. The fraction of sp³-hybridized carbons (Fsp3) is 0.409. The molecule has 1 amide bonds. The summed E-state index contributed by atoms with van der Waals surface area (Å²) in [6.07, 6.45) is 0. The molecule has 0 radical (unpaired) electrons. The number of carboxylic acid groups (broad SMARTS) is 1. The molecule has 1 aromatic carbocycles. The zero-order chi connectivity index (χ0) is 22.0. The van der Waals surface area contributed by atoms with Gasteiger partial charge in [0, 0.05) is 11.5 Å². The van der Waals surface area contributed by atoms with Crippen LogP contribution in [0.3, 0.4) is 0 Å². The summed E-state index contributed by atoms with van der Waals surface area (Å²) in [5, 5.41) is 9.64. The topological polar surface area (TPSA) is 70.5 Å². The predicted molar refractivity (Wildman–Crippen MR) is 127 cm³/mol. The van der Waals surface area contributed by atoms with Crippen LogP contribution in [0.1, 0.15) is 27.7 Å². The van der Waals surface area contributed by atoms with Gasteiger partial charge in [-0.1, -0.05) is 63.4 Å². The number of carboxylic acids is 1. The van der Waals surface area contributed by atoms with Gasteiger partial charge >= 0.3 is 5.97 Å². The molecule has 0 spiro atoms. The maximum Gasteiger partial charge on any atom is 0.353 e. The number of benzene rings is 1. The summed E-state index contributed by atoms with van der Waals surface area (Å²) in [6, 6.07) is 7.87. The second-order valence-corrected chi connectivity index (χ2v) is 10.3. The van der Waals surface area contributed by atoms with Crippen LogP contribution in [-0.2, 0) is 9.59 Å². The first-order chi connectivity index (χ1) is 14.4. The molecule has 1 N–H and O–H groups in total. The Labute approximate surface area is 187 Å². The average Bonchev–Trinajstić information content (AvgIpc) is 3.23. The SMILES string of the molecule is CC.CC(P)C1C(=O)N2C(C(=O)O)=C(C#CCSc3nc4ccccc4s3)[C@H](C)C12. The van der Waals surface area contributed by atoms with Gasteiger partial charge in [0.25, 0.3) is 0 Å². The molecule has 0 saturated carbocycles. The standard InChI is InChI=1S/C20H19N2O3PS2.C2H6/c1-10-12(17(19(24)25)22-16(10)15(11(2)26)18(22)23)6-5-9-27-20-21-13-7-3-4-8-14(13)28-20;1-2/h3-4,7-8,10-11,15-16H,9,26H2,1-2H3,(H,24,25);1-2H3/t10-,11?,15?,16?;/m0./s1. The number of hydrogen-bond donors (Lipinski definition) is 1. The van der Waals surface area contributed by atoms with E-state index in [1.54, 1.807) is 23.1 Å². The third-order valence-corrected chi connectivity index (χ3v) is 7.66. The normalized spacial score (nSPS) is 23.2. The molecule has 4 unspecified atom stereocenters. The Bertz CT molecular complexity index is 1030. The molecule has 2 aliphatic heterocycles. The molecule has 0 aliphatic carbocycles. The Kier molecular flexibility index (Phi) is 7.23. The van der Waals surface area contributed by atoms with Crippen molar-refractivity contribution in [3.05, 3.63) is 35.5 Å². The molecule has 30 heavy (non-hydrogen) atoms. The maximum absolute atomic E-state index is 12.4.